The van der Waals surface area contributed by atoms with Crippen LogP contribution in [0.4, 0.5) is 0 Å². The van der Waals surface area contributed by atoms with Gasteiger partial charge in [0.1, 0.15) is 5.41 Å². The summed E-state index contributed by atoms with van der Waals surface area (Å²) < 4.78 is 5.25. The molecule has 1 aliphatic heterocycles. The lowest BCUT2D eigenvalue weighted by molar-refractivity contribution is -0.133. The van der Waals surface area contributed by atoms with Crippen molar-refractivity contribution in [1.29, 1.82) is 5.26 Å². The van der Waals surface area contributed by atoms with Gasteiger partial charge in [-0.3, -0.25) is 4.79 Å². The van der Waals surface area contributed by atoms with Gasteiger partial charge in [0.15, 0.2) is 0 Å². The summed E-state index contributed by atoms with van der Waals surface area (Å²) in [5.41, 5.74) is -0.857. The number of carbonyl (C=O) groups is 1. The summed E-state index contributed by atoms with van der Waals surface area (Å²) in [6.07, 6.45) is 3.23. The Labute approximate surface area is 109 Å². The number of nitrogens with zero attached hydrogens (tertiary/aromatic N) is 1. The molecule has 2 rings (SSSR count). The number of amides is 1. The lowest BCUT2D eigenvalue weighted by Crippen LogP contribution is -2.48. The predicted octanol–water partition coefficient (Wildman–Crippen LogP) is 1.86. The van der Waals surface area contributed by atoms with Gasteiger partial charge in [-0.25, -0.2) is 0 Å². The number of carbonyl (C=O) groups excluding carboxylic acids is 1. The minimum absolute atomic E-state index is 0.0840. The van der Waals surface area contributed by atoms with Crippen molar-refractivity contribution in [3.8, 4) is 6.07 Å². The van der Waals surface area contributed by atoms with Gasteiger partial charge in [-0.05, 0) is 37.5 Å². The molecule has 0 spiro atoms. The van der Waals surface area contributed by atoms with Crippen LogP contribution in [0.5, 0.6) is 0 Å². The highest BCUT2D eigenvalue weighted by Crippen LogP contribution is 2.34. The van der Waals surface area contributed by atoms with Crippen molar-refractivity contribution in [1.82, 2.24) is 5.32 Å². The summed E-state index contributed by atoms with van der Waals surface area (Å²) >= 11 is 0. The summed E-state index contributed by atoms with van der Waals surface area (Å²) in [5, 5.41) is 12.4. The first-order chi connectivity index (χ1) is 8.59. The summed E-state index contributed by atoms with van der Waals surface area (Å²) in [6.45, 7) is 5.44. The number of hydrogen-bond acceptors (Lipinski definition) is 3. The maximum Gasteiger partial charge on any atom is 0.240 e. The summed E-state index contributed by atoms with van der Waals surface area (Å²) in [6, 6.07) is 2.46. The molecule has 100 valence electrons. The van der Waals surface area contributed by atoms with Crippen molar-refractivity contribution in [2.24, 2.45) is 17.3 Å². The second kappa shape index (κ2) is 5.27. The summed E-state index contributed by atoms with van der Waals surface area (Å²) in [7, 11) is 0. The van der Waals surface area contributed by atoms with Crippen molar-refractivity contribution in [2.75, 3.05) is 13.2 Å². The fraction of sp³-hybridized carbons (Fsp3) is 0.857. The fourth-order valence-electron chi connectivity index (χ4n) is 2.98. The molecular weight excluding hydrogens is 228 g/mol. The lowest BCUT2D eigenvalue weighted by atomic mass is 9.80. The van der Waals surface area contributed by atoms with Crippen LogP contribution in [0, 0.1) is 28.6 Å². The molecular formula is C14H22N2O2. The molecule has 4 nitrogen and oxygen atoms in total. The molecule has 3 atom stereocenters. The number of nitrogens with one attached hydrogen (secondary N) is 1. The highest BCUT2D eigenvalue weighted by molar-refractivity contribution is 5.85. The van der Waals surface area contributed by atoms with Crippen molar-refractivity contribution in [2.45, 2.75) is 45.6 Å². The van der Waals surface area contributed by atoms with Gasteiger partial charge in [0.05, 0.1) is 6.07 Å². The average molecular weight is 250 g/mol. The molecule has 0 bridgehead atoms. The highest BCUT2D eigenvalue weighted by atomic mass is 16.5. The zero-order valence-corrected chi connectivity index (χ0v) is 11.2. The molecule has 0 aromatic carbocycles. The van der Waals surface area contributed by atoms with Gasteiger partial charge in [0.2, 0.25) is 5.91 Å². The van der Waals surface area contributed by atoms with Crippen LogP contribution in [-0.4, -0.2) is 25.2 Å². The highest BCUT2D eigenvalue weighted by Gasteiger charge is 2.42. The van der Waals surface area contributed by atoms with Crippen LogP contribution in [0.2, 0.25) is 0 Å². The van der Waals surface area contributed by atoms with E-state index in [4.69, 9.17) is 4.74 Å². The van der Waals surface area contributed by atoms with Gasteiger partial charge < -0.3 is 10.1 Å². The van der Waals surface area contributed by atoms with Gasteiger partial charge in [0, 0.05) is 19.3 Å². The Morgan fingerprint density at radius 2 is 2.00 bits per heavy atom. The maximum absolute atomic E-state index is 12.4. The first-order valence-electron chi connectivity index (χ1n) is 6.89. The summed E-state index contributed by atoms with van der Waals surface area (Å²) in [5.74, 6) is 1.08. The van der Waals surface area contributed by atoms with E-state index in [1.165, 1.54) is 0 Å². The molecule has 3 unspecified atom stereocenters. The number of ether oxygens (including phenoxy) is 1. The minimum atomic E-state index is -0.857. The molecule has 1 N–H and O–H groups in total. The first kappa shape index (κ1) is 13.4. The quantitative estimate of drug-likeness (QED) is 0.813. The van der Waals surface area contributed by atoms with E-state index in [9.17, 15) is 10.1 Å². The third-order valence-corrected chi connectivity index (χ3v) is 4.78. The second-order valence-corrected chi connectivity index (χ2v) is 5.80. The SMILES string of the molecule is CC1CCC(NC(=O)C2(C#N)CCOCC2)C1C. The van der Waals surface area contributed by atoms with Gasteiger partial charge in [-0.1, -0.05) is 13.8 Å². The van der Waals surface area contributed by atoms with Crippen LogP contribution in [0.1, 0.15) is 39.5 Å². The van der Waals surface area contributed by atoms with E-state index in [0.717, 1.165) is 12.8 Å². The maximum atomic E-state index is 12.4. The van der Waals surface area contributed by atoms with Crippen LogP contribution >= 0.6 is 0 Å². The normalized spacial score (nSPS) is 34.8. The zero-order valence-electron chi connectivity index (χ0n) is 11.2. The van der Waals surface area contributed by atoms with E-state index in [2.05, 4.69) is 25.2 Å². The monoisotopic (exact) mass is 250 g/mol. The molecule has 4 heteroatoms. The van der Waals surface area contributed by atoms with E-state index in [0.29, 0.717) is 37.9 Å². The second-order valence-electron chi connectivity index (χ2n) is 5.80. The largest absolute Gasteiger partial charge is 0.381 e. The molecule has 0 aromatic rings. The van der Waals surface area contributed by atoms with Crippen molar-refractivity contribution in [3.63, 3.8) is 0 Å². The van der Waals surface area contributed by atoms with E-state index in [1.807, 2.05) is 0 Å². The molecule has 1 heterocycles. The van der Waals surface area contributed by atoms with E-state index in [1.54, 1.807) is 0 Å². The molecule has 1 saturated heterocycles. The van der Waals surface area contributed by atoms with Crippen LogP contribution in [0.3, 0.4) is 0 Å². The Kier molecular flexibility index (Phi) is 3.91. The van der Waals surface area contributed by atoms with Crippen molar-refractivity contribution < 1.29 is 9.53 Å². The standard InChI is InChI=1S/C14H22N2O2/c1-10-3-4-12(11(10)2)16-13(17)14(9-15)5-7-18-8-6-14/h10-12H,3-8H2,1-2H3,(H,16,17). The van der Waals surface area contributed by atoms with Crippen LogP contribution in [0.25, 0.3) is 0 Å². The van der Waals surface area contributed by atoms with E-state index in [-0.39, 0.29) is 11.9 Å². The molecule has 1 saturated carbocycles. The van der Waals surface area contributed by atoms with Crippen molar-refractivity contribution >= 4 is 5.91 Å². The summed E-state index contributed by atoms with van der Waals surface area (Å²) in [4.78, 5) is 12.4. The zero-order chi connectivity index (χ0) is 13.2. The topological polar surface area (TPSA) is 62.1 Å². The van der Waals surface area contributed by atoms with Gasteiger partial charge in [-0.15, -0.1) is 0 Å². The fourth-order valence-corrected chi connectivity index (χ4v) is 2.98. The van der Waals surface area contributed by atoms with Gasteiger partial charge in [0.25, 0.3) is 0 Å². The smallest absolute Gasteiger partial charge is 0.240 e. The molecule has 18 heavy (non-hydrogen) atoms. The molecule has 2 aliphatic rings. The number of nitriles is 1. The van der Waals surface area contributed by atoms with Crippen molar-refractivity contribution in [3.05, 3.63) is 0 Å². The first-order valence-corrected chi connectivity index (χ1v) is 6.89. The lowest BCUT2D eigenvalue weighted by Gasteiger charge is -2.31. The Hall–Kier alpha value is -1.08. The molecule has 0 aromatic heterocycles. The van der Waals surface area contributed by atoms with E-state index < -0.39 is 5.41 Å². The Morgan fingerprint density at radius 3 is 2.50 bits per heavy atom. The number of rotatable bonds is 2. The predicted molar refractivity (Wildman–Crippen MR) is 67.6 cm³/mol. The molecule has 1 amide bonds. The number of hydrogen-bond donors (Lipinski definition) is 1. The Morgan fingerprint density at radius 1 is 1.33 bits per heavy atom. The van der Waals surface area contributed by atoms with Gasteiger partial charge in [-0.2, -0.15) is 5.26 Å². The molecule has 2 fully saturated rings. The van der Waals surface area contributed by atoms with E-state index >= 15 is 0 Å². The molecule has 1 aliphatic carbocycles. The molecule has 0 radical (unpaired) electrons. The third-order valence-electron chi connectivity index (χ3n) is 4.78. The Balaban J connectivity index is 2.00. The van der Waals surface area contributed by atoms with Gasteiger partial charge >= 0.3 is 0 Å². The minimum Gasteiger partial charge on any atom is -0.381 e. The van der Waals surface area contributed by atoms with Crippen LogP contribution < -0.4 is 5.32 Å². The third kappa shape index (κ3) is 2.37. The van der Waals surface area contributed by atoms with Crippen LogP contribution in [0.15, 0.2) is 0 Å². The average Bonchev–Trinajstić information content (AvgIpc) is 2.71. The Bertz CT molecular complexity index is 355. The van der Waals surface area contributed by atoms with Crippen LogP contribution in [-0.2, 0) is 9.53 Å².